The SMILES string of the molecule is COc1ccc([C@H]2c3ccsc3CCN2CC(=O)N2CCN(C(=O)CCl)[C@@H](C)C2)cc1. The Morgan fingerprint density at radius 1 is 1.13 bits per heavy atom. The highest BCUT2D eigenvalue weighted by molar-refractivity contribution is 7.10. The Balaban J connectivity index is 1.50. The highest BCUT2D eigenvalue weighted by Gasteiger charge is 2.34. The van der Waals surface area contributed by atoms with E-state index in [4.69, 9.17) is 16.3 Å². The molecule has 0 radical (unpaired) electrons. The first-order valence-corrected chi connectivity index (χ1v) is 12.0. The minimum Gasteiger partial charge on any atom is -0.497 e. The van der Waals surface area contributed by atoms with Crippen molar-refractivity contribution in [1.82, 2.24) is 14.7 Å². The number of thiophene rings is 1. The first-order chi connectivity index (χ1) is 15.0. The second-order valence-corrected chi connectivity index (χ2v) is 9.37. The summed E-state index contributed by atoms with van der Waals surface area (Å²) in [6.45, 7) is 4.82. The fourth-order valence-electron chi connectivity index (χ4n) is 4.62. The lowest BCUT2D eigenvalue weighted by Crippen LogP contribution is -2.57. The van der Waals surface area contributed by atoms with Crippen LogP contribution in [0.2, 0.25) is 0 Å². The zero-order chi connectivity index (χ0) is 22.0. The van der Waals surface area contributed by atoms with Crippen LogP contribution in [0.3, 0.4) is 0 Å². The third kappa shape index (κ3) is 4.59. The number of carbonyl (C=O) groups excluding carboxylic acids is 2. The molecular weight excluding hydrogens is 434 g/mol. The van der Waals surface area contributed by atoms with Gasteiger partial charge in [-0.25, -0.2) is 0 Å². The van der Waals surface area contributed by atoms with E-state index in [1.54, 1.807) is 23.3 Å². The fraction of sp³-hybridized carbons (Fsp3) is 0.478. The summed E-state index contributed by atoms with van der Waals surface area (Å²) in [5.41, 5.74) is 2.46. The van der Waals surface area contributed by atoms with Crippen LogP contribution in [0.25, 0.3) is 0 Å². The Morgan fingerprint density at radius 3 is 2.58 bits per heavy atom. The predicted molar refractivity (Wildman–Crippen MR) is 123 cm³/mol. The second kappa shape index (κ2) is 9.59. The molecule has 1 saturated heterocycles. The van der Waals surface area contributed by atoms with E-state index in [2.05, 4.69) is 28.5 Å². The number of benzene rings is 1. The molecule has 2 atom stereocenters. The van der Waals surface area contributed by atoms with Gasteiger partial charge in [0.05, 0.1) is 19.7 Å². The van der Waals surface area contributed by atoms with Gasteiger partial charge in [0, 0.05) is 37.1 Å². The molecule has 2 aliphatic rings. The maximum Gasteiger partial charge on any atom is 0.237 e. The molecule has 0 aliphatic carbocycles. The van der Waals surface area contributed by atoms with Crippen LogP contribution < -0.4 is 4.74 Å². The lowest BCUT2D eigenvalue weighted by molar-refractivity contribution is -0.142. The molecule has 0 N–H and O–H groups in total. The number of fused-ring (bicyclic) bond motifs is 1. The van der Waals surface area contributed by atoms with Gasteiger partial charge in [-0.2, -0.15) is 0 Å². The summed E-state index contributed by atoms with van der Waals surface area (Å²) in [5, 5.41) is 2.14. The van der Waals surface area contributed by atoms with Crippen LogP contribution in [0.15, 0.2) is 35.7 Å². The number of rotatable bonds is 5. The third-order valence-corrected chi connectivity index (χ3v) is 7.48. The van der Waals surface area contributed by atoms with E-state index in [1.807, 2.05) is 24.0 Å². The molecule has 0 unspecified atom stereocenters. The van der Waals surface area contributed by atoms with Gasteiger partial charge >= 0.3 is 0 Å². The van der Waals surface area contributed by atoms with Crippen molar-refractivity contribution >= 4 is 34.8 Å². The Bertz CT molecular complexity index is 932. The first kappa shape index (κ1) is 22.1. The van der Waals surface area contributed by atoms with Crippen LogP contribution in [-0.4, -0.2) is 78.3 Å². The monoisotopic (exact) mass is 461 g/mol. The van der Waals surface area contributed by atoms with Crippen molar-refractivity contribution in [1.29, 1.82) is 0 Å². The van der Waals surface area contributed by atoms with Crippen molar-refractivity contribution in [3.05, 3.63) is 51.7 Å². The Hall–Kier alpha value is -2.09. The number of amides is 2. The number of nitrogens with zero attached hydrogens (tertiary/aromatic N) is 3. The highest BCUT2D eigenvalue weighted by Crippen LogP contribution is 2.38. The van der Waals surface area contributed by atoms with Crippen LogP contribution in [0.1, 0.15) is 29.0 Å². The summed E-state index contributed by atoms with van der Waals surface area (Å²) < 4.78 is 5.32. The van der Waals surface area contributed by atoms with Gasteiger partial charge in [-0.1, -0.05) is 12.1 Å². The lowest BCUT2D eigenvalue weighted by atomic mass is 9.93. The number of hydrogen-bond donors (Lipinski definition) is 0. The van der Waals surface area contributed by atoms with E-state index in [-0.39, 0.29) is 29.8 Å². The topological polar surface area (TPSA) is 53.1 Å². The summed E-state index contributed by atoms with van der Waals surface area (Å²) in [5.74, 6) is 0.855. The largest absolute Gasteiger partial charge is 0.497 e. The fourth-order valence-corrected chi connectivity index (χ4v) is 5.68. The molecule has 1 aromatic heterocycles. The molecule has 1 fully saturated rings. The first-order valence-electron chi connectivity index (χ1n) is 10.6. The Labute approximate surface area is 192 Å². The van der Waals surface area contributed by atoms with E-state index >= 15 is 0 Å². The van der Waals surface area contributed by atoms with Crippen LogP contribution in [-0.2, 0) is 16.0 Å². The minimum atomic E-state index is -0.0677. The molecule has 166 valence electrons. The van der Waals surface area contributed by atoms with Crippen molar-refractivity contribution in [2.75, 3.05) is 45.7 Å². The number of carbonyl (C=O) groups is 2. The van der Waals surface area contributed by atoms with E-state index in [0.29, 0.717) is 26.2 Å². The Morgan fingerprint density at radius 2 is 1.90 bits per heavy atom. The van der Waals surface area contributed by atoms with Gasteiger partial charge in [0.25, 0.3) is 0 Å². The van der Waals surface area contributed by atoms with Crippen molar-refractivity contribution in [2.45, 2.75) is 25.4 Å². The number of halogens is 1. The van der Waals surface area contributed by atoms with Crippen molar-refractivity contribution < 1.29 is 14.3 Å². The molecule has 6 nitrogen and oxygen atoms in total. The van der Waals surface area contributed by atoms with Gasteiger partial charge in [-0.05, 0) is 48.1 Å². The minimum absolute atomic E-state index is 0.0153. The molecule has 4 rings (SSSR count). The number of piperazine rings is 1. The Kier molecular flexibility index (Phi) is 6.84. The van der Waals surface area contributed by atoms with Gasteiger partial charge < -0.3 is 14.5 Å². The third-order valence-electron chi connectivity index (χ3n) is 6.25. The average Bonchev–Trinajstić information content (AvgIpc) is 3.27. The van der Waals surface area contributed by atoms with E-state index in [1.165, 1.54) is 16.0 Å². The molecular formula is C23H28ClN3O3S. The molecule has 0 spiro atoms. The molecule has 0 saturated carbocycles. The summed E-state index contributed by atoms with van der Waals surface area (Å²) in [6, 6.07) is 10.4. The summed E-state index contributed by atoms with van der Waals surface area (Å²) in [4.78, 5) is 32.5. The molecule has 1 aromatic carbocycles. The van der Waals surface area contributed by atoms with Gasteiger partial charge in [-0.15, -0.1) is 22.9 Å². The summed E-state index contributed by atoms with van der Waals surface area (Å²) >= 11 is 7.51. The summed E-state index contributed by atoms with van der Waals surface area (Å²) in [6.07, 6.45) is 0.960. The maximum atomic E-state index is 13.2. The number of ether oxygens (including phenoxy) is 1. The van der Waals surface area contributed by atoms with Crippen LogP contribution in [0.5, 0.6) is 5.75 Å². The van der Waals surface area contributed by atoms with Crippen LogP contribution in [0.4, 0.5) is 0 Å². The van der Waals surface area contributed by atoms with Crippen molar-refractivity contribution in [3.8, 4) is 5.75 Å². The zero-order valence-corrected chi connectivity index (χ0v) is 19.5. The number of methoxy groups -OCH3 is 1. The maximum absolute atomic E-state index is 13.2. The average molecular weight is 462 g/mol. The van der Waals surface area contributed by atoms with Gasteiger partial charge in [0.1, 0.15) is 11.6 Å². The molecule has 31 heavy (non-hydrogen) atoms. The quantitative estimate of drug-likeness (QED) is 0.642. The number of hydrogen-bond acceptors (Lipinski definition) is 5. The summed E-state index contributed by atoms with van der Waals surface area (Å²) in [7, 11) is 1.67. The lowest BCUT2D eigenvalue weighted by Gasteiger charge is -2.41. The number of alkyl halides is 1. The van der Waals surface area contributed by atoms with Gasteiger partial charge in [-0.3, -0.25) is 14.5 Å². The van der Waals surface area contributed by atoms with E-state index in [9.17, 15) is 9.59 Å². The smallest absolute Gasteiger partial charge is 0.237 e. The normalized spacial score (nSPS) is 21.6. The van der Waals surface area contributed by atoms with Crippen molar-refractivity contribution in [3.63, 3.8) is 0 Å². The standard InChI is InChI=1S/C23H28ClN3O3S/c1-16-14-25(10-11-27(16)21(28)13-24)22(29)15-26-9-7-20-19(8-12-31-20)23(26)17-3-5-18(30-2)6-4-17/h3-6,8,12,16,23H,7,9-11,13-15H2,1-2H3/t16-,23-/m0/s1. The zero-order valence-electron chi connectivity index (χ0n) is 17.9. The molecule has 2 aromatic rings. The van der Waals surface area contributed by atoms with Gasteiger partial charge in [0.2, 0.25) is 11.8 Å². The molecule has 2 amide bonds. The van der Waals surface area contributed by atoms with E-state index in [0.717, 1.165) is 18.7 Å². The predicted octanol–water partition coefficient (Wildman–Crippen LogP) is 3.00. The van der Waals surface area contributed by atoms with Crippen LogP contribution >= 0.6 is 22.9 Å². The van der Waals surface area contributed by atoms with Crippen LogP contribution in [0, 0.1) is 0 Å². The molecule has 2 aliphatic heterocycles. The van der Waals surface area contributed by atoms with Gasteiger partial charge in [0.15, 0.2) is 0 Å². The van der Waals surface area contributed by atoms with Crippen molar-refractivity contribution in [2.24, 2.45) is 0 Å². The van der Waals surface area contributed by atoms with E-state index < -0.39 is 0 Å². The second-order valence-electron chi connectivity index (χ2n) is 8.10. The molecule has 0 bridgehead atoms. The molecule has 8 heteroatoms. The molecule has 3 heterocycles. The highest BCUT2D eigenvalue weighted by atomic mass is 35.5.